The van der Waals surface area contributed by atoms with E-state index < -0.39 is 5.60 Å². The first kappa shape index (κ1) is 13.8. The molecule has 1 aromatic rings. The first-order chi connectivity index (χ1) is 7.90. The van der Waals surface area contributed by atoms with Crippen molar-refractivity contribution in [1.29, 1.82) is 0 Å². The largest absolute Gasteiger partial charge is 0.482 e. The monoisotopic (exact) mass is 256 g/mol. The van der Waals surface area contributed by atoms with Gasteiger partial charge in [0.15, 0.2) is 6.61 Å². The minimum absolute atomic E-state index is 0.0858. The van der Waals surface area contributed by atoms with Gasteiger partial charge in [-0.3, -0.25) is 0 Å². The maximum atomic E-state index is 11.4. The van der Waals surface area contributed by atoms with E-state index in [0.29, 0.717) is 11.6 Å². The Labute approximate surface area is 107 Å². The van der Waals surface area contributed by atoms with E-state index in [1.165, 1.54) is 0 Å². The second-order valence-electron chi connectivity index (χ2n) is 4.65. The third-order valence-electron chi connectivity index (χ3n) is 1.85. The van der Waals surface area contributed by atoms with E-state index in [0.717, 1.165) is 5.56 Å². The Morgan fingerprint density at radius 2 is 1.82 bits per heavy atom. The van der Waals surface area contributed by atoms with E-state index in [4.69, 9.17) is 21.1 Å². The molecule has 0 spiro atoms. The van der Waals surface area contributed by atoms with Crippen LogP contribution in [0.5, 0.6) is 5.75 Å². The first-order valence-electron chi connectivity index (χ1n) is 5.40. The molecule has 4 heteroatoms. The minimum atomic E-state index is -0.483. The fourth-order valence-corrected chi connectivity index (χ4v) is 1.37. The van der Waals surface area contributed by atoms with Crippen molar-refractivity contribution >= 4 is 17.6 Å². The van der Waals surface area contributed by atoms with Gasteiger partial charge < -0.3 is 9.47 Å². The highest BCUT2D eigenvalue weighted by atomic mass is 35.5. The van der Waals surface area contributed by atoms with Gasteiger partial charge in [-0.25, -0.2) is 4.79 Å². The van der Waals surface area contributed by atoms with Crippen LogP contribution >= 0.6 is 11.6 Å². The predicted octanol–water partition coefficient (Wildman–Crippen LogP) is 3.15. The average Bonchev–Trinajstić information content (AvgIpc) is 2.25. The highest BCUT2D eigenvalue weighted by molar-refractivity contribution is 6.17. The van der Waals surface area contributed by atoms with E-state index >= 15 is 0 Å². The molecule has 0 atom stereocenters. The molecule has 0 bridgehead atoms. The average molecular weight is 257 g/mol. The Kier molecular flexibility index (Phi) is 4.82. The van der Waals surface area contributed by atoms with Gasteiger partial charge in [0.25, 0.3) is 0 Å². The van der Waals surface area contributed by atoms with Gasteiger partial charge in [-0.05, 0) is 38.5 Å². The van der Waals surface area contributed by atoms with Crippen molar-refractivity contribution in [2.45, 2.75) is 32.3 Å². The number of rotatable bonds is 4. The third-order valence-corrected chi connectivity index (χ3v) is 2.16. The quantitative estimate of drug-likeness (QED) is 0.613. The van der Waals surface area contributed by atoms with Crippen molar-refractivity contribution < 1.29 is 14.3 Å². The van der Waals surface area contributed by atoms with Gasteiger partial charge in [0.05, 0.1) is 0 Å². The Balaban J connectivity index is 2.42. The van der Waals surface area contributed by atoms with Crippen LogP contribution in [-0.2, 0) is 15.4 Å². The molecule has 0 aliphatic heterocycles. The highest BCUT2D eigenvalue weighted by Crippen LogP contribution is 2.14. The van der Waals surface area contributed by atoms with E-state index in [1.807, 2.05) is 32.9 Å². The molecule has 0 aromatic heterocycles. The van der Waals surface area contributed by atoms with Crippen LogP contribution in [0.1, 0.15) is 26.3 Å². The summed E-state index contributed by atoms with van der Waals surface area (Å²) >= 11 is 5.66. The zero-order chi connectivity index (χ0) is 12.9. The van der Waals surface area contributed by atoms with E-state index in [2.05, 4.69) is 0 Å². The molecule has 17 heavy (non-hydrogen) atoms. The smallest absolute Gasteiger partial charge is 0.344 e. The molecule has 0 aliphatic rings. The first-order valence-corrected chi connectivity index (χ1v) is 5.94. The van der Waals surface area contributed by atoms with Crippen molar-refractivity contribution in [3.8, 4) is 5.75 Å². The van der Waals surface area contributed by atoms with Crippen LogP contribution in [0, 0.1) is 0 Å². The third kappa shape index (κ3) is 5.59. The molecule has 0 saturated carbocycles. The summed E-state index contributed by atoms with van der Waals surface area (Å²) in [5, 5.41) is 0. The standard InChI is InChI=1S/C13H17ClO3/c1-13(2,3)17-12(15)9-16-11-6-4-10(8-14)5-7-11/h4-7H,8-9H2,1-3H3. The molecule has 0 amide bonds. The number of hydrogen-bond acceptors (Lipinski definition) is 3. The number of alkyl halides is 1. The topological polar surface area (TPSA) is 35.5 Å². The van der Waals surface area contributed by atoms with Gasteiger partial charge in [-0.2, -0.15) is 0 Å². The molecule has 0 saturated heterocycles. The van der Waals surface area contributed by atoms with Crippen molar-refractivity contribution in [3.63, 3.8) is 0 Å². The summed E-state index contributed by atoms with van der Waals surface area (Å²) < 4.78 is 10.4. The fourth-order valence-electron chi connectivity index (χ4n) is 1.19. The fraction of sp³-hybridized carbons (Fsp3) is 0.462. The van der Waals surface area contributed by atoms with E-state index in [-0.39, 0.29) is 12.6 Å². The zero-order valence-corrected chi connectivity index (χ0v) is 11.1. The predicted molar refractivity (Wildman–Crippen MR) is 67.3 cm³/mol. The molecule has 0 radical (unpaired) electrons. The molecule has 0 heterocycles. The molecular weight excluding hydrogens is 240 g/mol. The van der Waals surface area contributed by atoms with Crippen molar-refractivity contribution in [2.75, 3.05) is 6.61 Å². The van der Waals surface area contributed by atoms with Crippen molar-refractivity contribution in [1.82, 2.24) is 0 Å². The molecule has 0 aliphatic carbocycles. The maximum Gasteiger partial charge on any atom is 0.344 e. The van der Waals surface area contributed by atoms with Gasteiger partial charge in [-0.15, -0.1) is 11.6 Å². The number of carbonyl (C=O) groups is 1. The molecular formula is C13H17ClO3. The zero-order valence-electron chi connectivity index (χ0n) is 10.3. The summed E-state index contributed by atoms with van der Waals surface area (Å²) in [6, 6.07) is 7.28. The number of benzene rings is 1. The van der Waals surface area contributed by atoms with Gasteiger partial charge >= 0.3 is 5.97 Å². The second kappa shape index (κ2) is 5.92. The Morgan fingerprint density at radius 3 is 2.29 bits per heavy atom. The summed E-state index contributed by atoms with van der Waals surface area (Å²) in [4.78, 5) is 11.4. The Morgan fingerprint density at radius 1 is 1.24 bits per heavy atom. The number of carbonyl (C=O) groups excluding carboxylic acids is 1. The summed E-state index contributed by atoms with van der Waals surface area (Å²) in [6.07, 6.45) is 0. The van der Waals surface area contributed by atoms with Crippen LogP contribution < -0.4 is 4.74 Å². The second-order valence-corrected chi connectivity index (χ2v) is 4.92. The maximum absolute atomic E-state index is 11.4. The Hall–Kier alpha value is -1.22. The van der Waals surface area contributed by atoms with Gasteiger partial charge in [0, 0.05) is 5.88 Å². The SMILES string of the molecule is CC(C)(C)OC(=O)COc1ccc(CCl)cc1. The molecule has 1 aromatic carbocycles. The van der Waals surface area contributed by atoms with Gasteiger partial charge in [0.2, 0.25) is 0 Å². The molecule has 3 nitrogen and oxygen atoms in total. The number of esters is 1. The van der Waals surface area contributed by atoms with Crippen molar-refractivity contribution in [3.05, 3.63) is 29.8 Å². The van der Waals surface area contributed by atoms with Crippen LogP contribution in [-0.4, -0.2) is 18.2 Å². The summed E-state index contributed by atoms with van der Waals surface area (Å²) in [6.45, 7) is 5.37. The van der Waals surface area contributed by atoms with Crippen LogP contribution in [0.4, 0.5) is 0 Å². The summed E-state index contributed by atoms with van der Waals surface area (Å²) in [7, 11) is 0. The van der Waals surface area contributed by atoms with E-state index in [1.54, 1.807) is 12.1 Å². The number of halogens is 1. The lowest BCUT2D eigenvalue weighted by Gasteiger charge is -2.19. The molecule has 94 valence electrons. The lowest BCUT2D eigenvalue weighted by molar-refractivity contribution is -0.157. The lowest BCUT2D eigenvalue weighted by atomic mass is 10.2. The summed E-state index contributed by atoms with van der Waals surface area (Å²) in [5.74, 6) is 0.718. The van der Waals surface area contributed by atoms with Crippen molar-refractivity contribution in [2.24, 2.45) is 0 Å². The molecule has 1 rings (SSSR count). The number of hydrogen-bond donors (Lipinski definition) is 0. The summed E-state index contributed by atoms with van der Waals surface area (Å²) in [5.41, 5.74) is 0.527. The van der Waals surface area contributed by atoms with Crippen LogP contribution in [0.3, 0.4) is 0 Å². The van der Waals surface area contributed by atoms with Crippen LogP contribution in [0.15, 0.2) is 24.3 Å². The number of ether oxygens (including phenoxy) is 2. The molecule has 0 fully saturated rings. The molecule has 0 unspecified atom stereocenters. The molecule has 0 N–H and O–H groups in total. The van der Waals surface area contributed by atoms with E-state index in [9.17, 15) is 4.79 Å². The Bertz CT molecular complexity index is 365. The van der Waals surface area contributed by atoms with Crippen LogP contribution in [0.25, 0.3) is 0 Å². The van der Waals surface area contributed by atoms with Gasteiger partial charge in [0.1, 0.15) is 11.4 Å². The lowest BCUT2D eigenvalue weighted by Crippen LogP contribution is -2.27. The normalized spacial score (nSPS) is 11.1. The minimum Gasteiger partial charge on any atom is -0.482 e. The highest BCUT2D eigenvalue weighted by Gasteiger charge is 2.16. The van der Waals surface area contributed by atoms with Crippen LogP contribution in [0.2, 0.25) is 0 Å². The van der Waals surface area contributed by atoms with Gasteiger partial charge in [-0.1, -0.05) is 12.1 Å².